The Kier molecular flexibility index (Phi) is 6.15. The molecule has 0 radical (unpaired) electrons. The highest BCUT2D eigenvalue weighted by atomic mass is 16.5. The van der Waals surface area contributed by atoms with Crippen LogP contribution in [0.4, 0.5) is 0 Å². The quantitative estimate of drug-likeness (QED) is 0.727. The van der Waals surface area contributed by atoms with Crippen molar-refractivity contribution in [2.75, 3.05) is 32.8 Å². The van der Waals surface area contributed by atoms with Crippen LogP contribution >= 0.6 is 0 Å². The third kappa shape index (κ3) is 4.94. The lowest BCUT2D eigenvalue weighted by molar-refractivity contribution is 0.135. The van der Waals surface area contributed by atoms with Crippen molar-refractivity contribution in [3.63, 3.8) is 0 Å². The zero-order valence-corrected chi connectivity index (χ0v) is 9.24. The summed E-state index contributed by atoms with van der Waals surface area (Å²) in [5.41, 5.74) is 0. The largest absolute Gasteiger partial charge is 0.393 e. The molecule has 0 aliphatic carbocycles. The van der Waals surface area contributed by atoms with Crippen molar-refractivity contribution in [2.45, 2.75) is 38.7 Å². The topological polar surface area (TPSA) is 32.7 Å². The van der Waals surface area contributed by atoms with Gasteiger partial charge in [0, 0.05) is 19.7 Å². The van der Waals surface area contributed by atoms with Gasteiger partial charge in [0.25, 0.3) is 0 Å². The van der Waals surface area contributed by atoms with Gasteiger partial charge in [-0.05, 0) is 32.2 Å². The van der Waals surface area contributed by atoms with E-state index in [1.807, 2.05) is 6.92 Å². The first-order valence-corrected chi connectivity index (χ1v) is 5.81. The number of hydrogen-bond acceptors (Lipinski definition) is 3. The standard InChI is InChI=1S/C11H23NO2/c1-2-11(13)5-3-6-12-7-4-9-14-10-8-12/h11,13H,2-10H2,1H3. The van der Waals surface area contributed by atoms with E-state index in [4.69, 9.17) is 4.74 Å². The van der Waals surface area contributed by atoms with Crippen molar-refractivity contribution in [3.05, 3.63) is 0 Å². The SMILES string of the molecule is CCC(O)CCCN1CCCOCC1. The molecule has 1 atom stereocenters. The van der Waals surface area contributed by atoms with Gasteiger partial charge in [-0.1, -0.05) is 6.92 Å². The molecule has 1 heterocycles. The average molecular weight is 201 g/mol. The number of aliphatic hydroxyl groups excluding tert-OH is 1. The molecule has 0 saturated carbocycles. The van der Waals surface area contributed by atoms with Crippen LogP contribution < -0.4 is 0 Å². The molecule has 0 amide bonds. The molecule has 0 aromatic heterocycles. The molecule has 0 aromatic rings. The fourth-order valence-electron chi connectivity index (χ4n) is 1.78. The van der Waals surface area contributed by atoms with Gasteiger partial charge in [0.1, 0.15) is 0 Å². The highest BCUT2D eigenvalue weighted by molar-refractivity contribution is 4.62. The molecule has 1 N–H and O–H groups in total. The van der Waals surface area contributed by atoms with Crippen LogP contribution in [-0.4, -0.2) is 49.0 Å². The highest BCUT2D eigenvalue weighted by Crippen LogP contribution is 2.05. The molecule has 1 unspecified atom stereocenters. The molecule has 1 saturated heterocycles. The van der Waals surface area contributed by atoms with Gasteiger partial charge in [0.15, 0.2) is 0 Å². The van der Waals surface area contributed by atoms with E-state index in [0.717, 1.165) is 58.5 Å². The summed E-state index contributed by atoms with van der Waals surface area (Å²) in [7, 11) is 0. The van der Waals surface area contributed by atoms with Crippen LogP contribution in [0.2, 0.25) is 0 Å². The van der Waals surface area contributed by atoms with Crippen LogP contribution in [0.3, 0.4) is 0 Å². The maximum atomic E-state index is 9.40. The van der Waals surface area contributed by atoms with Crippen LogP contribution in [0.15, 0.2) is 0 Å². The van der Waals surface area contributed by atoms with Crippen LogP contribution in [-0.2, 0) is 4.74 Å². The summed E-state index contributed by atoms with van der Waals surface area (Å²) in [5.74, 6) is 0. The summed E-state index contributed by atoms with van der Waals surface area (Å²) < 4.78 is 5.38. The molecular weight excluding hydrogens is 178 g/mol. The Morgan fingerprint density at radius 3 is 3.00 bits per heavy atom. The molecule has 1 fully saturated rings. The summed E-state index contributed by atoms with van der Waals surface area (Å²) in [6.45, 7) is 7.14. The minimum Gasteiger partial charge on any atom is -0.393 e. The van der Waals surface area contributed by atoms with E-state index < -0.39 is 0 Å². The molecule has 3 heteroatoms. The highest BCUT2D eigenvalue weighted by Gasteiger charge is 2.09. The Morgan fingerprint density at radius 2 is 2.21 bits per heavy atom. The normalized spacial score (nSPS) is 21.9. The van der Waals surface area contributed by atoms with Crippen LogP contribution in [0, 0.1) is 0 Å². The molecular formula is C11H23NO2. The number of nitrogens with zero attached hydrogens (tertiary/aromatic N) is 1. The molecule has 1 aliphatic heterocycles. The predicted octanol–water partition coefficient (Wildman–Crippen LogP) is 1.26. The minimum atomic E-state index is -0.0989. The second-order valence-corrected chi connectivity index (χ2v) is 4.01. The monoisotopic (exact) mass is 201 g/mol. The van der Waals surface area contributed by atoms with E-state index in [1.54, 1.807) is 0 Å². The Morgan fingerprint density at radius 1 is 1.36 bits per heavy atom. The van der Waals surface area contributed by atoms with Crippen molar-refractivity contribution >= 4 is 0 Å². The molecule has 1 rings (SSSR count). The summed E-state index contributed by atoms with van der Waals surface area (Å²) in [6, 6.07) is 0. The average Bonchev–Trinajstić information content (AvgIpc) is 2.46. The summed E-state index contributed by atoms with van der Waals surface area (Å²) >= 11 is 0. The maximum Gasteiger partial charge on any atom is 0.0593 e. The van der Waals surface area contributed by atoms with Gasteiger partial charge in [-0.3, -0.25) is 0 Å². The van der Waals surface area contributed by atoms with Crippen molar-refractivity contribution in [1.29, 1.82) is 0 Å². The molecule has 0 bridgehead atoms. The lowest BCUT2D eigenvalue weighted by Crippen LogP contribution is -2.28. The van der Waals surface area contributed by atoms with Crippen LogP contribution in [0.25, 0.3) is 0 Å². The fourth-order valence-corrected chi connectivity index (χ4v) is 1.78. The van der Waals surface area contributed by atoms with Gasteiger partial charge in [-0.25, -0.2) is 0 Å². The fraction of sp³-hybridized carbons (Fsp3) is 1.00. The Hall–Kier alpha value is -0.120. The van der Waals surface area contributed by atoms with Crippen molar-refractivity contribution in [1.82, 2.24) is 4.90 Å². The van der Waals surface area contributed by atoms with Crippen LogP contribution in [0.5, 0.6) is 0 Å². The zero-order valence-electron chi connectivity index (χ0n) is 9.24. The van der Waals surface area contributed by atoms with Gasteiger partial charge in [0.05, 0.1) is 12.7 Å². The first kappa shape index (κ1) is 12.0. The van der Waals surface area contributed by atoms with Gasteiger partial charge >= 0.3 is 0 Å². The van der Waals surface area contributed by atoms with E-state index in [0.29, 0.717) is 0 Å². The van der Waals surface area contributed by atoms with E-state index in [2.05, 4.69) is 4.90 Å². The smallest absolute Gasteiger partial charge is 0.0593 e. The van der Waals surface area contributed by atoms with E-state index >= 15 is 0 Å². The summed E-state index contributed by atoms with van der Waals surface area (Å²) in [6.07, 6.45) is 3.97. The van der Waals surface area contributed by atoms with Gasteiger partial charge in [0.2, 0.25) is 0 Å². The van der Waals surface area contributed by atoms with Crippen molar-refractivity contribution in [2.24, 2.45) is 0 Å². The van der Waals surface area contributed by atoms with Gasteiger partial charge in [-0.15, -0.1) is 0 Å². The Labute approximate surface area is 87.1 Å². The second kappa shape index (κ2) is 7.21. The number of hydrogen-bond donors (Lipinski definition) is 1. The molecule has 1 aliphatic rings. The van der Waals surface area contributed by atoms with Gasteiger partial charge in [-0.2, -0.15) is 0 Å². The molecule has 0 spiro atoms. The molecule has 14 heavy (non-hydrogen) atoms. The summed E-state index contributed by atoms with van der Waals surface area (Å²) in [5, 5.41) is 9.40. The molecule has 3 nitrogen and oxygen atoms in total. The maximum absolute atomic E-state index is 9.40. The van der Waals surface area contributed by atoms with Gasteiger partial charge < -0.3 is 14.7 Å². The minimum absolute atomic E-state index is 0.0989. The Balaban J connectivity index is 2.04. The predicted molar refractivity (Wildman–Crippen MR) is 57.4 cm³/mol. The van der Waals surface area contributed by atoms with Crippen molar-refractivity contribution < 1.29 is 9.84 Å². The third-order valence-electron chi connectivity index (χ3n) is 2.80. The van der Waals surface area contributed by atoms with E-state index in [1.165, 1.54) is 0 Å². The first-order valence-electron chi connectivity index (χ1n) is 5.81. The third-order valence-corrected chi connectivity index (χ3v) is 2.80. The Bertz CT molecular complexity index is 133. The lowest BCUT2D eigenvalue weighted by Gasteiger charge is -2.19. The van der Waals surface area contributed by atoms with Crippen LogP contribution in [0.1, 0.15) is 32.6 Å². The first-order chi connectivity index (χ1) is 6.83. The number of rotatable bonds is 5. The van der Waals surface area contributed by atoms with E-state index in [-0.39, 0.29) is 6.10 Å². The zero-order chi connectivity index (χ0) is 10.2. The number of ether oxygens (including phenoxy) is 1. The second-order valence-electron chi connectivity index (χ2n) is 4.01. The summed E-state index contributed by atoms with van der Waals surface area (Å²) in [4.78, 5) is 2.44. The van der Waals surface area contributed by atoms with Crippen molar-refractivity contribution in [3.8, 4) is 0 Å². The number of aliphatic hydroxyl groups is 1. The molecule has 84 valence electrons. The van der Waals surface area contributed by atoms with E-state index in [9.17, 15) is 5.11 Å². The molecule has 0 aromatic carbocycles. The lowest BCUT2D eigenvalue weighted by atomic mass is 10.1.